The highest BCUT2D eigenvalue weighted by Gasteiger charge is 2.07. The second-order valence-electron chi connectivity index (χ2n) is 4.54. The fourth-order valence-electron chi connectivity index (χ4n) is 1.87. The number of nitrogens with one attached hydrogen (secondary N) is 1. The number of nitrogens with zero attached hydrogens (tertiary/aromatic N) is 2. The zero-order valence-corrected chi connectivity index (χ0v) is 11.5. The van der Waals surface area contributed by atoms with E-state index in [2.05, 4.69) is 10.5 Å². The number of hydrazone groups is 1. The van der Waals surface area contributed by atoms with E-state index < -0.39 is 0 Å². The Morgan fingerprint density at radius 1 is 1.30 bits per heavy atom. The van der Waals surface area contributed by atoms with E-state index >= 15 is 0 Å². The molecule has 0 atom stereocenters. The van der Waals surface area contributed by atoms with Gasteiger partial charge >= 0.3 is 0 Å². The van der Waals surface area contributed by atoms with Crippen molar-refractivity contribution < 1.29 is 9.90 Å². The molecule has 0 saturated carbocycles. The number of carbonyl (C=O) groups excluding carboxylic acids is 1. The van der Waals surface area contributed by atoms with Crippen LogP contribution in [0.15, 0.2) is 47.7 Å². The van der Waals surface area contributed by atoms with Gasteiger partial charge in [0.15, 0.2) is 0 Å². The number of phenolic OH excluding ortho intramolecular Hbond substituents is 1. The largest absolute Gasteiger partial charge is 0.507 e. The molecule has 5 nitrogen and oxygen atoms in total. The standard InChI is InChI=1S/C15H17N3O2/c1-11(13-7-3-4-8-14(13)19)16-17-15(20)10-12-6-5-9-18(12)2/h3-9,19H,10H2,1-2H3,(H,17,20). The predicted molar refractivity (Wildman–Crippen MR) is 77.6 cm³/mol. The summed E-state index contributed by atoms with van der Waals surface area (Å²) >= 11 is 0. The van der Waals surface area contributed by atoms with E-state index in [9.17, 15) is 9.90 Å². The molecule has 1 aromatic heterocycles. The summed E-state index contributed by atoms with van der Waals surface area (Å²) in [5, 5.41) is 13.7. The number of hydrogen-bond donors (Lipinski definition) is 2. The van der Waals surface area contributed by atoms with Gasteiger partial charge in [0.05, 0.1) is 12.1 Å². The van der Waals surface area contributed by atoms with E-state index in [4.69, 9.17) is 0 Å². The first-order chi connectivity index (χ1) is 9.58. The summed E-state index contributed by atoms with van der Waals surface area (Å²) in [7, 11) is 1.89. The van der Waals surface area contributed by atoms with Crippen molar-refractivity contribution in [2.24, 2.45) is 12.1 Å². The van der Waals surface area contributed by atoms with Gasteiger partial charge in [0.1, 0.15) is 5.75 Å². The zero-order chi connectivity index (χ0) is 14.5. The number of phenols is 1. The number of para-hydroxylation sites is 1. The number of aromatic nitrogens is 1. The maximum absolute atomic E-state index is 11.8. The van der Waals surface area contributed by atoms with Crippen LogP contribution >= 0.6 is 0 Å². The number of carbonyl (C=O) groups is 1. The van der Waals surface area contributed by atoms with E-state index in [0.717, 1.165) is 5.69 Å². The van der Waals surface area contributed by atoms with Crippen molar-refractivity contribution in [3.8, 4) is 5.75 Å². The van der Waals surface area contributed by atoms with Gasteiger partial charge in [-0.15, -0.1) is 0 Å². The van der Waals surface area contributed by atoms with E-state index in [1.165, 1.54) is 0 Å². The van der Waals surface area contributed by atoms with E-state index in [1.807, 2.05) is 29.9 Å². The monoisotopic (exact) mass is 271 g/mol. The first kappa shape index (κ1) is 13.9. The molecule has 0 saturated heterocycles. The number of amides is 1. The minimum Gasteiger partial charge on any atom is -0.507 e. The van der Waals surface area contributed by atoms with Crippen LogP contribution in [-0.2, 0) is 18.3 Å². The second kappa shape index (κ2) is 6.06. The molecular formula is C15H17N3O2. The third-order valence-corrected chi connectivity index (χ3v) is 3.04. The topological polar surface area (TPSA) is 66.6 Å². The van der Waals surface area contributed by atoms with Crippen LogP contribution < -0.4 is 5.43 Å². The molecule has 5 heteroatoms. The molecule has 104 valence electrons. The summed E-state index contributed by atoms with van der Waals surface area (Å²) in [6, 6.07) is 10.6. The first-order valence-corrected chi connectivity index (χ1v) is 6.29. The predicted octanol–water partition coefficient (Wildman–Crippen LogP) is 1.81. The van der Waals surface area contributed by atoms with Crippen molar-refractivity contribution in [2.75, 3.05) is 0 Å². The Hall–Kier alpha value is -2.56. The average molecular weight is 271 g/mol. The molecule has 1 amide bonds. The van der Waals surface area contributed by atoms with Crippen molar-refractivity contribution in [3.63, 3.8) is 0 Å². The Balaban J connectivity index is 2.00. The highest BCUT2D eigenvalue weighted by atomic mass is 16.3. The molecule has 0 radical (unpaired) electrons. The summed E-state index contributed by atoms with van der Waals surface area (Å²) in [5.74, 6) is -0.0491. The van der Waals surface area contributed by atoms with Gasteiger partial charge < -0.3 is 9.67 Å². The smallest absolute Gasteiger partial charge is 0.246 e. The molecule has 0 fully saturated rings. The molecule has 0 spiro atoms. The number of hydrogen-bond acceptors (Lipinski definition) is 3. The second-order valence-corrected chi connectivity index (χ2v) is 4.54. The van der Waals surface area contributed by atoms with Crippen LogP contribution in [0.2, 0.25) is 0 Å². The molecule has 2 N–H and O–H groups in total. The molecular weight excluding hydrogens is 254 g/mol. The fraction of sp³-hybridized carbons (Fsp3) is 0.200. The zero-order valence-electron chi connectivity index (χ0n) is 11.5. The van der Waals surface area contributed by atoms with Gasteiger partial charge in [0.2, 0.25) is 5.91 Å². The van der Waals surface area contributed by atoms with Crippen molar-refractivity contribution in [2.45, 2.75) is 13.3 Å². The number of aromatic hydroxyl groups is 1. The van der Waals surface area contributed by atoms with Crippen LogP contribution in [0.25, 0.3) is 0 Å². The lowest BCUT2D eigenvalue weighted by molar-refractivity contribution is -0.120. The summed E-state index contributed by atoms with van der Waals surface area (Å²) in [6.45, 7) is 1.73. The number of rotatable bonds is 4. The average Bonchev–Trinajstić information content (AvgIpc) is 2.82. The summed E-state index contributed by atoms with van der Waals surface area (Å²) in [5.41, 5.74) is 4.57. The number of benzene rings is 1. The molecule has 20 heavy (non-hydrogen) atoms. The normalized spacial score (nSPS) is 11.4. The minimum absolute atomic E-state index is 0.144. The van der Waals surface area contributed by atoms with Gasteiger partial charge in [0.25, 0.3) is 0 Å². The Morgan fingerprint density at radius 2 is 2.05 bits per heavy atom. The van der Waals surface area contributed by atoms with Crippen LogP contribution in [0.1, 0.15) is 18.2 Å². The van der Waals surface area contributed by atoms with Crippen molar-refractivity contribution in [3.05, 3.63) is 53.9 Å². The minimum atomic E-state index is -0.193. The third-order valence-electron chi connectivity index (χ3n) is 3.04. The van der Waals surface area contributed by atoms with Crippen LogP contribution in [-0.4, -0.2) is 21.3 Å². The first-order valence-electron chi connectivity index (χ1n) is 6.29. The molecule has 1 heterocycles. The summed E-state index contributed by atoms with van der Waals surface area (Å²) in [6.07, 6.45) is 2.15. The summed E-state index contributed by atoms with van der Waals surface area (Å²) in [4.78, 5) is 11.8. The van der Waals surface area contributed by atoms with E-state index in [-0.39, 0.29) is 18.1 Å². The Labute approximate surface area is 117 Å². The molecule has 0 aliphatic heterocycles. The van der Waals surface area contributed by atoms with Crippen molar-refractivity contribution in [1.29, 1.82) is 0 Å². The van der Waals surface area contributed by atoms with E-state index in [1.54, 1.807) is 31.2 Å². The quantitative estimate of drug-likeness (QED) is 0.658. The molecule has 0 bridgehead atoms. The van der Waals surface area contributed by atoms with Gasteiger partial charge in [-0.25, -0.2) is 5.43 Å². The van der Waals surface area contributed by atoms with Crippen molar-refractivity contribution >= 4 is 11.6 Å². The Bertz CT molecular complexity index is 644. The van der Waals surface area contributed by atoms with Crippen LogP contribution in [0.4, 0.5) is 0 Å². The van der Waals surface area contributed by atoms with Gasteiger partial charge in [0, 0.05) is 24.5 Å². The molecule has 0 aliphatic carbocycles. The molecule has 2 aromatic rings. The van der Waals surface area contributed by atoms with Gasteiger partial charge in [-0.2, -0.15) is 5.10 Å². The van der Waals surface area contributed by atoms with Gasteiger partial charge in [-0.3, -0.25) is 4.79 Å². The molecule has 0 unspecified atom stereocenters. The maximum atomic E-state index is 11.8. The highest BCUT2D eigenvalue weighted by Crippen LogP contribution is 2.16. The number of aryl methyl sites for hydroxylation is 1. The molecule has 1 aromatic carbocycles. The molecule has 0 aliphatic rings. The third kappa shape index (κ3) is 3.26. The lowest BCUT2D eigenvalue weighted by Crippen LogP contribution is -2.22. The SMILES string of the molecule is CC(=NNC(=O)Cc1cccn1C)c1ccccc1O. The lowest BCUT2D eigenvalue weighted by Gasteiger charge is -2.05. The fourth-order valence-corrected chi connectivity index (χ4v) is 1.87. The van der Waals surface area contributed by atoms with E-state index in [0.29, 0.717) is 11.3 Å². The van der Waals surface area contributed by atoms with Crippen molar-refractivity contribution in [1.82, 2.24) is 9.99 Å². The van der Waals surface area contributed by atoms with Crippen LogP contribution in [0.3, 0.4) is 0 Å². The summed E-state index contributed by atoms with van der Waals surface area (Å²) < 4.78 is 1.89. The maximum Gasteiger partial charge on any atom is 0.246 e. The lowest BCUT2D eigenvalue weighted by atomic mass is 10.1. The highest BCUT2D eigenvalue weighted by molar-refractivity contribution is 6.01. The van der Waals surface area contributed by atoms with Gasteiger partial charge in [-0.1, -0.05) is 12.1 Å². The Kier molecular flexibility index (Phi) is 4.20. The van der Waals surface area contributed by atoms with Crippen LogP contribution in [0, 0.1) is 0 Å². The van der Waals surface area contributed by atoms with Gasteiger partial charge in [-0.05, 0) is 31.2 Å². The van der Waals surface area contributed by atoms with Crippen LogP contribution in [0.5, 0.6) is 5.75 Å². The molecule has 2 rings (SSSR count). The Morgan fingerprint density at radius 3 is 2.70 bits per heavy atom.